The number of halogens is 1. The summed E-state index contributed by atoms with van der Waals surface area (Å²) in [4.78, 5) is 15.5. The molecule has 0 unspecified atom stereocenters. The van der Waals surface area contributed by atoms with Crippen molar-refractivity contribution in [2.75, 3.05) is 7.05 Å². The molecule has 2 aromatic rings. The molecule has 1 aromatic carbocycles. The predicted octanol–water partition coefficient (Wildman–Crippen LogP) is 2.18. The van der Waals surface area contributed by atoms with Gasteiger partial charge < -0.3 is 5.32 Å². The van der Waals surface area contributed by atoms with Crippen LogP contribution in [-0.2, 0) is 15.6 Å². The van der Waals surface area contributed by atoms with Crippen molar-refractivity contribution in [1.29, 1.82) is 0 Å². The van der Waals surface area contributed by atoms with E-state index in [1.807, 2.05) is 0 Å². The summed E-state index contributed by atoms with van der Waals surface area (Å²) in [6, 6.07) is 9.79. The van der Waals surface area contributed by atoms with Crippen molar-refractivity contribution in [2.24, 2.45) is 0 Å². The third kappa shape index (κ3) is 3.68. The van der Waals surface area contributed by atoms with Crippen LogP contribution in [0.3, 0.4) is 0 Å². The zero-order chi connectivity index (χ0) is 15.5. The lowest BCUT2D eigenvalue weighted by Crippen LogP contribution is -2.18. The molecule has 0 saturated carbocycles. The first-order valence-electron chi connectivity index (χ1n) is 6.08. The van der Waals surface area contributed by atoms with Crippen LogP contribution in [0, 0.1) is 0 Å². The molecule has 1 heterocycles. The Morgan fingerprint density at radius 3 is 2.71 bits per heavy atom. The van der Waals surface area contributed by atoms with Gasteiger partial charge in [0.2, 0.25) is 9.84 Å². The number of carbonyl (C=O) groups is 1. The van der Waals surface area contributed by atoms with Crippen LogP contribution in [0.15, 0.2) is 52.1 Å². The van der Waals surface area contributed by atoms with Gasteiger partial charge in [0.05, 0.1) is 10.2 Å². The van der Waals surface area contributed by atoms with Crippen LogP contribution in [0.1, 0.15) is 15.9 Å². The quantitative estimate of drug-likeness (QED) is 0.896. The fourth-order valence-electron chi connectivity index (χ4n) is 1.83. The lowest BCUT2D eigenvalue weighted by Gasteiger charge is -2.07. The topological polar surface area (TPSA) is 76.1 Å². The molecule has 1 aromatic heterocycles. The van der Waals surface area contributed by atoms with Crippen molar-refractivity contribution in [3.63, 3.8) is 0 Å². The smallest absolute Gasteiger partial charge is 0.251 e. The van der Waals surface area contributed by atoms with Crippen LogP contribution in [0.2, 0.25) is 0 Å². The molecule has 21 heavy (non-hydrogen) atoms. The number of aromatic nitrogens is 1. The van der Waals surface area contributed by atoms with E-state index in [1.165, 1.54) is 13.2 Å². The number of hydrogen-bond acceptors (Lipinski definition) is 4. The molecule has 5 nitrogen and oxygen atoms in total. The van der Waals surface area contributed by atoms with Gasteiger partial charge in [-0.15, -0.1) is 0 Å². The number of hydrogen-bond donors (Lipinski definition) is 1. The number of sulfone groups is 1. The minimum atomic E-state index is -3.58. The molecule has 0 aliphatic rings. The Hall–Kier alpha value is -1.73. The summed E-state index contributed by atoms with van der Waals surface area (Å²) in [5, 5.41) is 2.50. The molecular formula is C14H13BrN2O3S. The van der Waals surface area contributed by atoms with Gasteiger partial charge in [-0.05, 0) is 45.8 Å². The monoisotopic (exact) mass is 368 g/mol. The zero-order valence-corrected chi connectivity index (χ0v) is 13.6. The molecule has 0 spiro atoms. The van der Waals surface area contributed by atoms with E-state index in [4.69, 9.17) is 0 Å². The van der Waals surface area contributed by atoms with Crippen LogP contribution in [0.4, 0.5) is 0 Å². The molecule has 1 amide bonds. The van der Waals surface area contributed by atoms with Gasteiger partial charge in [-0.25, -0.2) is 13.4 Å². The maximum atomic E-state index is 12.4. The number of nitrogens with zero attached hydrogens (tertiary/aromatic N) is 1. The highest BCUT2D eigenvalue weighted by Crippen LogP contribution is 2.22. The van der Waals surface area contributed by atoms with Crippen molar-refractivity contribution < 1.29 is 13.2 Å². The minimum Gasteiger partial charge on any atom is -0.355 e. The molecular weight excluding hydrogens is 356 g/mol. The molecule has 0 aliphatic heterocycles. The van der Waals surface area contributed by atoms with Crippen LogP contribution in [-0.4, -0.2) is 26.4 Å². The molecule has 1 N–H and O–H groups in total. The molecule has 0 atom stereocenters. The van der Waals surface area contributed by atoms with Gasteiger partial charge in [-0.3, -0.25) is 4.79 Å². The Kier molecular flexibility index (Phi) is 4.74. The van der Waals surface area contributed by atoms with E-state index in [-0.39, 0.29) is 16.7 Å². The number of pyridine rings is 1. The van der Waals surface area contributed by atoms with E-state index < -0.39 is 9.84 Å². The number of carbonyl (C=O) groups excluding carboxylic acids is 1. The molecule has 0 saturated heterocycles. The number of amides is 1. The summed E-state index contributed by atoms with van der Waals surface area (Å²) in [5.41, 5.74) is 0.957. The summed E-state index contributed by atoms with van der Waals surface area (Å²) >= 11 is 3.19. The Morgan fingerprint density at radius 1 is 1.29 bits per heavy atom. The van der Waals surface area contributed by atoms with E-state index >= 15 is 0 Å². The van der Waals surface area contributed by atoms with Gasteiger partial charge in [0, 0.05) is 18.8 Å². The largest absolute Gasteiger partial charge is 0.355 e. The molecule has 0 fully saturated rings. The third-order valence-electron chi connectivity index (χ3n) is 2.79. The molecule has 110 valence electrons. The lowest BCUT2D eigenvalue weighted by molar-refractivity contribution is 0.0963. The van der Waals surface area contributed by atoms with Crippen molar-refractivity contribution in [2.45, 2.75) is 10.8 Å². The van der Waals surface area contributed by atoms with Gasteiger partial charge in [0.1, 0.15) is 0 Å². The normalized spacial score (nSPS) is 11.1. The summed E-state index contributed by atoms with van der Waals surface area (Å²) in [6.45, 7) is 0. The highest BCUT2D eigenvalue weighted by molar-refractivity contribution is 9.10. The summed E-state index contributed by atoms with van der Waals surface area (Å²) in [7, 11) is -2.06. The van der Waals surface area contributed by atoms with Gasteiger partial charge in [-0.2, -0.15) is 0 Å². The van der Waals surface area contributed by atoms with Crippen molar-refractivity contribution in [3.05, 3.63) is 58.2 Å². The Labute approximate surface area is 131 Å². The second-order valence-electron chi connectivity index (χ2n) is 4.33. The summed E-state index contributed by atoms with van der Waals surface area (Å²) in [6.07, 6.45) is 1.43. The minimum absolute atomic E-state index is 0.00431. The van der Waals surface area contributed by atoms with Gasteiger partial charge in [0.25, 0.3) is 5.91 Å². The van der Waals surface area contributed by atoms with Crippen LogP contribution >= 0.6 is 15.9 Å². The van der Waals surface area contributed by atoms with E-state index in [9.17, 15) is 13.2 Å². The van der Waals surface area contributed by atoms with Gasteiger partial charge >= 0.3 is 0 Å². The first-order valence-corrected chi connectivity index (χ1v) is 8.53. The van der Waals surface area contributed by atoms with E-state index in [0.717, 1.165) is 0 Å². The highest BCUT2D eigenvalue weighted by Gasteiger charge is 2.20. The second-order valence-corrected chi connectivity index (χ2v) is 7.09. The zero-order valence-electron chi connectivity index (χ0n) is 11.2. The fraction of sp³-hybridized carbons (Fsp3) is 0.143. The van der Waals surface area contributed by atoms with E-state index in [0.29, 0.717) is 15.6 Å². The first kappa shape index (κ1) is 15.7. The molecule has 7 heteroatoms. The Bertz CT molecular complexity index is 775. The van der Waals surface area contributed by atoms with Crippen molar-refractivity contribution in [3.8, 4) is 0 Å². The number of nitrogens with one attached hydrogen (secondary N) is 1. The molecule has 2 rings (SSSR count). The van der Waals surface area contributed by atoms with Crippen LogP contribution in [0.25, 0.3) is 0 Å². The Morgan fingerprint density at radius 2 is 2.05 bits per heavy atom. The van der Waals surface area contributed by atoms with Crippen molar-refractivity contribution in [1.82, 2.24) is 10.3 Å². The molecule has 0 aliphatic carbocycles. The van der Waals surface area contributed by atoms with Crippen molar-refractivity contribution >= 4 is 31.7 Å². The van der Waals surface area contributed by atoms with Gasteiger partial charge in [-0.1, -0.05) is 12.1 Å². The maximum Gasteiger partial charge on any atom is 0.251 e. The SMILES string of the molecule is CNC(=O)c1cccc(CS(=O)(=O)c2ncccc2Br)c1. The van der Waals surface area contributed by atoms with E-state index in [1.54, 1.807) is 36.4 Å². The number of rotatable bonds is 4. The Balaban J connectivity index is 2.34. The highest BCUT2D eigenvalue weighted by atomic mass is 79.9. The summed E-state index contributed by atoms with van der Waals surface area (Å²) < 4.78 is 25.2. The average molecular weight is 369 g/mol. The average Bonchev–Trinajstić information content (AvgIpc) is 2.46. The summed E-state index contributed by atoms with van der Waals surface area (Å²) in [5.74, 6) is -0.471. The second kappa shape index (κ2) is 6.36. The van der Waals surface area contributed by atoms with Crippen LogP contribution in [0.5, 0.6) is 0 Å². The number of benzene rings is 1. The van der Waals surface area contributed by atoms with Crippen LogP contribution < -0.4 is 5.32 Å². The standard InChI is InChI=1S/C14H13BrN2O3S/c1-16-13(18)11-5-2-4-10(8-11)9-21(19,20)14-12(15)6-3-7-17-14/h2-8H,9H2,1H3,(H,16,18). The van der Waals surface area contributed by atoms with Gasteiger partial charge in [0.15, 0.2) is 5.03 Å². The fourth-order valence-corrected chi connectivity index (χ4v) is 4.17. The maximum absolute atomic E-state index is 12.4. The first-order chi connectivity index (χ1) is 9.94. The molecule has 0 radical (unpaired) electrons. The predicted molar refractivity (Wildman–Crippen MR) is 82.7 cm³/mol. The molecule has 0 bridgehead atoms. The third-order valence-corrected chi connectivity index (χ3v) is 5.32. The lowest BCUT2D eigenvalue weighted by atomic mass is 10.1. The van der Waals surface area contributed by atoms with E-state index in [2.05, 4.69) is 26.2 Å².